The fourth-order valence-corrected chi connectivity index (χ4v) is 8.20. The van der Waals surface area contributed by atoms with Crippen LogP contribution in [0.2, 0.25) is 0 Å². The molecule has 2 N–H and O–H groups in total. The number of nitrogens with zero attached hydrogens (tertiary/aromatic N) is 2. The highest BCUT2D eigenvalue weighted by Gasteiger charge is 2.39. The van der Waals surface area contributed by atoms with E-state index in [0.29, 0.717) is 39.8 Å². The molecule has 9 rings (SSSR count). The lowest BCUT2D eigenvalue weighted by molar-refractivity contribution is 0.0950. The Morgan fingerprint density at radius 1 is 0.808 bits per heavy atom. The van der Waals surface area contributed by atoms with Crippen LogP contribution in [-0.2, 0) is 26.1 Å². The van der Waals surface area contributed by atoms with Crippen molar-refractivity contribution in [2.24, 2.45) is 10.9 Å². The second kappa shape index (κ2) is 12.6. The average molecular weight is 688 g/mol. The summed E-state index contributed by atoms with van der Waals surface area (Å²) in [6.07, 6.45) is 7.63. The number of amides is 1. The van der Waals surface area contributed by atoms with Gasteiger partial charge >= 0.3 is 0 Å². The summed E-state index contributed by atoms with van der Waals surface area (Å²) in [7, 11) is 1.58. The predicted octanol–water partition coefficient (Wildman–Crippen LogP) is 8.20. The molecule has 1 aliphatic carbocycles. The van der Waals surface area contributed by atoms with E-state index in [1.54, 1.807) is 13.2 Å². The van der Waals surface area contributed by atoms with Gasteiger partial charge in [0, 0.05) is 35.1 Å². The van der Waals surface area contributed by atoms with Crippen molar-refractivity contribution in [2.75, 3.05) is 17.7 Å². The van der Waals surface area contributed by atoms with E-state index in [1.165, 1.54) is 11.1 Å². The highest BCUT2D eigenvalue weighted by Crippen LogP contribution is 2.44. The van der Waals surface area contributed by atoms with E-state index in [9.17, 15) is 9.59 Å². The summed E-state index contributed by atoms with van der Waals surface area (Å²) in [6.45, 7) is 2.45. The summed E-state index contributed by atoms with van der Waals surface area (Å²) >= 11 is 0. The lowest BCUT2D eigenvalue weighted by atomic mass is 9.86. The van der Waals surface area contributed by atoms with Crippen molar-refractivity contribution in [1.82, 2.24) is 0 Å². The molecule has 8 nitrogen and oxygen atoms in total. The summed E-state index contributed by atoms with van der Waals surface area (Å²) in [4.78, 5) is 34.3. The molecule has 0 radical (unpaired) electrons. The van der Waals surface area contributed by atoms with Crippen LogP contribution in [0.1, 0.15) is 65.6 Å². The van der Waals surface area contributed by atoms with Crippen molar-refractivity contribution in [3.05, 3.63) is 147 Å². The normalized spacial score (nSPS) is 19.1. The first-order valence-electron chi connectivity index (χ1n) is 17.6. The van der Waals surface area contributed by atoms with Crippen LogP contribution >= 0.6 is 0 Å². The predicted molar refractivity (Wildman–Crippen MR) is 202 cm³/mol. The third kappa shape index (κ3) is 5.42. The van der Waals surface area contributed by atoms with Gasteiger partial charge in [-0.1, -0.05) is 54.6 Å². The Kier molecular flexibility index (Phi) is 7.68. The lowest BCUT2D eigenvalue weighted by Crippen LogP contribution is -2.35. The second-order valence-electron chi connectivity index (χ2n) is 14.0. The number of nitrogen functional groups attached to an aromatic ring is 1. The van der Waals surface area contributed by atoms with E-state index in [2.05, 4.69) is 24.3 Å². The minimum Gasteiger partial charge on any atom is -0.493 e. The van der Waals surface area contributed by atoms with Gasteiger partial charge in [0.05, 0.1) is 30.3 Å². The van der Waals surface area contributed by atoms with E-state index < -0.39 is 0 Å². The Labute approximate surface area is 302 Å². The minimum absolute atomic E-state index is 0.0386. The Balaban J connectivity index is 0.914. The van der Waals surface area contributed by atoms with E-state index in [1.807, 2.05) is 90.8 Å². The average Bonchev–Trinajstić information content (AvgIpc) is 3.64. The fraction of sp³-hybridized carbons (Fsp3) is 0.205. The van der Waals surface area contributed by atoms with E-state index >= 15 is 0 Å². The van der Waals surface area contributed by atoms with Crippen LogP contribution in [-0.4, -0.2) is 31.1 Å². The van der Waals surface area contributed by atoms with Gasteiger partial charge in [0.1, 0.15) is 19.0 Å². The van der Waals surface area contributed by atoms with Crippen LogP contribution in [0.5, 0.6) is 17.2 Å². The van der Waals surface area contributed by atoms with Gasteiger partial charge in [0.2, 0.25) is 0 Å². The van der Waals surface area contributed by atoms with Gasteiger partial charge < -0.3 is 24.8 Å². The molecule has 5 aromatic rings. The lowest BCUT2D eigenvalue weighted by Gasteiger charge is -2.22. The number of hydrogen-bond donors (Lipinski definition) is 1. The zero-order chi connectivity index (χ0) is 35.5. The van der Waals surface area contributed by atoms with Crippen LogP contribution in [0.4, 0.5) is 17.1 Å². The molecular formula is C44H37N3O5. The van der Waals surface area contributed by atoms with Gasteiger partial charge in [-0.15, -0.1) is 0 Å². The number of Topliss-reactive ketones (excluding diaryl/α,β-unsaturated/α-hetero) is 1. The van der Waals surface area contributed by atoms with Crippen LogP contribution in [0.15, 0.2) is 102 Å². The molecule has 4 aliphatic rings. The largest absolute Gasteiger partial charge is 0.493 e. The number of methoxy groups -OCH3 is 1. The van der Waals surface area contributed by atoms with Crippen molar-refractivity contribution in [2.45, 2.75) is 44.9 Å². The Morgan fingerprint density at radius 3 is 2.37 bits per heavy atom. The topological polar surface area (TPSA) is 103 Å². The number of aryl methyl sites for hydroxylation is 1. The van der Waals surface area contributed by atoms with Crippen LogP contribution < -0.4 is 24.8 Å². The first-order chi connectivity index (χ1) is 25.3. The second-order valence-corrected chi connectivity index (χ2v) is 14.0. The van der Waals surface area contributed by atoms with Gasteiger partial charge in [-0.2, -0.15) is 0 Å². The molecule has 0 saturated carbocycles. The number of rotatable bonds is 7. The minimum atomic E-state index is -0.207. The summed E-state index contributed by atoms with van der Waals surface area (Å²) in [5.74, 6) is 1.57. The number of ether oxygens (including phenoxy) is 3. The monoisotopic (exact) mass is 687 g/mol. The summed E-state index contributed by atoms with van der Waals surface area (Å²) in [5.41, 5.74) is 16.6. The number of ketones is 1. The molecule has 5 aromatic carbocycles. The Hall–Kier alpha value is -6.15. The van der Waals surface area contributed by atoms with E-state index in [4.69, 9.17) is 24.9 Å². The molecule has 1 unspecified atom stereocenters. The first-order valence-corrected chi connectivity index (χ1v) is 17.6. The number of benzene rings is 5. The summed E-state index contributed by atoms with van der Waals surface area (Å²) in [5, 5.41) is 0. The molecule has 1 amide bonds. The maximum atomic E-state index is 13.8. The zero-order valence-electron chi connectivity index (χ0n) is 29.0. The smallest absolute Gasteiger partial charge is 0.259 e. The van der Waals surface area contributed by atoms with Crippen molar-refractivity contribution < 1.29 is 23.8 Å². The number of fused-ring (bicyclic) bond motifs is 8. The molecular weight excluding hydrogens is 651 g/mol. The molecule has 0 saturated heterocycles. The zero-order valence-corrected chi connectivity index (χ0v) is 29.0. The van der Waals surface area contributed by atoms with Gasteiger partial charge in [-0.05, 0) is 101 Å². The maximum Gasteiger partial charge on any atom is 0.259 e. The highest BCUT2D eigenvalue weighted by atomic mass is 16.5. The first kappa shape index (κ1) is 31.8. The quantitative estimate of drug-likeness (QED) is 0.173. The number of hydrogen-bond acceptors (Lipinski definition) is 7. The van der Waals surface area contributed by atoms with Crippen molar-refractivity contribution in [3.63, 3.8) is 0 Å². The summed E-state index contributed by atoms with van der Waals surface area (Å²) < 4.78 is 18.3. The van der Waals surface area contributed by atoms with E-state index in [0.717, 1.165) is 46.3 Å². The van der Waals surface area contributed by atoms with Crippen molar-refractivity contribution >= 4 is 41.0 Å². The van der Waals surface area contributed by atoms with Crippen LogP contribution in [0.25, 0.3) is 6.08 Å². The van der Waals surface area contributed by atoms with Gasteiger partial charge in [0.15, 0.2) is 17.3 Å². The summed E-state index contributed by atoms with van der Waals surface area (Å²) in [6, 6.07) is 29.4. The Morgan fingerprint density at radius 2 is 1.56 bits per heavy atom. The van der Waals surface area contributed by atoms with Crippen LogP contribution in [0, 0.1) is 12.8 Å². The molecule has 52 heavy (non-hydrogen) atoms. The number of aliphatic imine (C=N–C) groups is 1. The van der Waals surface area contributed by atoms with Crippen LogP contribution in [0.3, 0.4) is 0 Å². The molecule has 0 spiro atoms. The number of anilines is 2. The molecule has 8 heteroatoms. The molecule has 0 aromatic heterocycles. The number of para-hydroxylation sites is 1. The maximum absolute atomic E-state index is 13.8. The fourth-order valence-electron chi connectivity index (χ4n) is 8.20. The number of carbonyl (C=O) groups is 2. The number of nitrogens with two attached hydrogens (primary N) is 1. The van der Waals surface area contributed by atoms with Gasteiger partial charge in [-0.3, -0.25) is 14.6 Å². The third-order valence-electron chi connectivity index (χ3n) is 10.7. The third-order valence-corrected chi connectivity index (χ3v) is 10.7. The molecule has 3 atom stereocenters. The molecule has 258 valence electrons. The van der Waals surface area contributed by atoms with E-state index in [-0.39, 0.29) is 42.8 Å². The van der Waals surface area contributed by atoms with Gasteiger partial charge in [-0.25, -0.2) is 0 Å². The standard InChI is InChI=1S/C44H37N3O5/c1-25-13-36-37(46-22-31-17-28-7-3-5-9-34(28)42(31)43(36)48)21-39(25)51-23-26-14-27(16-32(45)15-26)24-52-41-19-29-11-12-33-18-30-8-4-6-10-38(30)47(33)44(49)35(29)20-40(41)50-2/h3-16,19-22,31,33,42H,17-18,23-24,45H2,1-2H3/t31-,33+,42?/m0/s1. The van der Waals surface area contributed by atoms with Crippen molar-refractivity contribution in [3.8, 4) is 17.2 Å². The SMILES string of the molecule is COc1cc2c(cc1OCc1cc(N)cc(COc3cc4c(cc3C)C(=O)C3c5ccccc5C[C@H]3C=N4)c1)C=C[C@@H]1Cc3ccccc3N1C2=O. The highest BCUT2D eigenvalue weighted by molar-refractivity contribution is 6.11. The molecule has 0 bridgehead atoms. The molecule has 3 heterocycles. The molecule has 0 fully saturated rings. The molecule has 3 aliphatic heterocycles. The number of carbonyl (C=O) groups excluding carboxylic acids is 2. The van der Waals surface area contributed by atoms with Gasteiger partial charge in [0.25, 0.3) is 5.91 Å². The van der Waals surface area contributed by atoms with Crippen molar-refractivity contribution in [1.29, 1.82) is 0 Å². The Bertz CT molecular complexity index is 2360.